The van der Waals surface area contributed by atoms with Gasteiger partial charge in [-0.05, 0) is 42.2 Å². The van der Waals surface area contributed by atoms with E-state index in [0.29, 0.717) is 0 Å². The van der Waals surface area contributed by atoms with Crippen LogP contribution in [0, 0.1) is 0 Å². The molecule has 1 heterocycles. The van der Waals surface area contributed by atoms with Crippen LogP contribution in [0.4, 0.5) is 13.2 Å². The summed E-state index contributed by atoms with van der Waals surface area (Å²) in [5.74, 6) is -1.05. The van der Waals surface area contributed by atoms with E-state index in [0.717, 1.165) is 25.3 Å². The van der Waals surface area contributed by atoms with Gasteiger partial charge in [0.05, 0.1) is 0 Å². The highest BCUT2D eigenvalue weighted by molar-refractivity contribution is 7.07. The van der Waals surface area contributed by atoms with Gasteiger partial charge in [0.15, 0.2) is 5.54 Å². The van der Waals surface area contributed by atoms with Crippen molar-refractivity contribution in [2.45, 2.75) is 44.1 Å². The molecule has 1 saturated carbocycles. The number of halogens is 3. The van der Waals surface area contributed by atoms with Crippen molar-refractivity contribution in [2.24, 2.45) is 5.73 Å². The molecule has 2 rings (SSSR count). The van der Waals surface area contributed by atoms with Crippen molar-refractivity contribution >= 4 is 17.2 Å². The van der Waals surface area contributed by atoms with Crippen LogP contribution in [0.15, 0.2) is 16.8 Å². The summed E-state index contributed by atoms with van der Waals surface area (Å²) in [7, 11) is 0. The lowest BCUT2D eigenvalue weighted by Gasteiger charge is -2.33. The van der Waals surface area contributed by atoms with Crippen molar-refractivity contribution in [1.82, 2.24) is 4.90 Å². The van der Waals surface area contributed by atoms with Crippen molar-refractivity contribution in [3.63, 3.8) is 0 Å². The monoisotopic (exact) mass is 292 g/mol. The van der Waals surface area contributed by atoms with Gasteiger partial charge in [0.25, 0.3) is 5.91 Å². The quantitative estimate of drug-likeness (QED) is 0.927. The summed E-state index contributed by atoms with van der Waals surface area (Å²) < 4.78 is 38.5. The first-order valence-corrected chi connectivity index (χ1v) is 6.85. The number of rotatable bonds is 4. The maximum atomic E-state index is 12.8. The second kappa shape index (κ2) is 4.79. The normalized spacial score (nSPS) is 19.0. The van der Waals surface area contributed by atoms with Gasteiger partial charge in [0.1, 0.15) is 0 Å². The minimum absolute atomic E-state index is 0.113. The van der Waals surface area contributed by atoms with Gasteiger partial charge in [-0.15, -0.1) is 0 Å². The maximum absolute atomic E-state index is 12.8. The molecular weight excluding hydrogens is 277 g/mol. The number of nitrogens with zero attached hydrogens (tertiary/aromatic N) is 1. The number of hydrogen-bond acceptors (Lipinski definition) is 3. The van der Waals surface area contributed by atoms with Crippen molar-refractivity contribution in [3.05, 3.63) is 22.4 Å². The Hall–Kier alpha value is -1.08. The number of nitrogens with two attached hydrogens (primary N) is 1. The molecule has 0 aliphatic heterocycles. The summed E-state index contributed by atoms with van der Waals surface area (Å²) in [5.41, 5.74) is 3.23. The average molecular weight is 292 g/mol. The molecule has 1 aliphatic rings. The molecule has 0 radical (unpaired) electrons. The summed E-state index contributed by atoms with van der Waals surface area (Å²) in [6.07, 6.45) is -3.26. The minimum atomic E-state index is -4.74. The predicted octanol–water partition coefficient (Wildman–Crippen LogP) is 2.52. The lowest BCUT2D eigenvalue weighted by atomic mass is 10.0. The number of thiophene rings is 1. The Bertz CT molecular complexity index is 452. The molecule has 1 atom stereocenters. The van der Waals surface area contributed by atoms with Gasteiger partial charge < -0.3 is 10.6 Å². The summed E-state index contributed by atoms with van der Waals surface area (Å²) in [5, 5.41) is 3.65. The van der Waals surface area contributed by atoms with Crippen molar-refractivity contribution in [3.8, 4) is 0 Å². The van der Waals surface area contributed by atoms with Crippen LogP contribution in [-0.2, 0) is 11.3 Å². The highest BCUT2D eigenvalue weighted by atomic mass is 32.1. The van der Waals surface area contributed by atoms with Crippen LogP contribution >= 0.6 is 11.3 Å². The zero-order valence-electron chi connectivity index (χ0n) is 10.4. The second-order valence-electron chi connectivity index (χ2n) is 5.00. The van der Waals surface area contributed by atoms with Gasteiger partial charge in [0, 0.05) is 12.6 Å². The van der Waals surface area contributed by atoms with Crippen LogP contribution in [0.3, 0.4) is 0 Å². The molecule has 1 amide bonds. The molecular formula is C12H15F3N2OS. The fourth-order valence-corrected chi connectivity index (χ4v) is 2.41. The van der Waals surface area contributed by atoms with Gasteiger partial charge in [-0.1, -0.05) is 0 Å². The Morgan fingerprint density at radius 2 is 2.16 bits per heavy atom. The predicted molar refractivity (Wildman–Crippen MR) is 66.5 cm³/mol. The Labute approximate surface area is 113 Å². The molecule has 1 unspecified atom stereocenters. The third-order valence-corrected chi connectivity index (χ3v) is 3.95. The number of carbonyl (C=O) groups excluding carboxylic acids is 1. The third-order valence-electron chi connectivity index (χ3n) is 3.21. The lowest BCUT2D eigenvalue weighted by Crippen LogP contribution is -2.62. The second-order valence-corrected chi connectivity index (χ2v) is 5.78. The number of hydrogen-bond donors (Lipinski definition) is 1. The standard InChI is InChI=1S/C12H15F3N2OS/c1-11(16,12(13,14)15)10(18)17(9-2-3-9)6-8-4-5-19-7-8/h4-5,7,9H,2-3,6,16H2,1H3. The summed E-state index contributed by atoms with van der Waals surface area (Å²) >= 11 is 1.45. The van der Waals surface area contributed by atoms with Gasteiger partial charge in [0.2, 0.25) is 0 Å². The molecule has 2 N–H and O–H groups in total. The van der Waals surface area contributed by atoms with Gasteiger partial charge in [-0.3, -0.25) is 4.79 Å². The average Bonchev–Trinajstić information content (AvgIpc) is 3.01. The fourth-order valence-electron chi connectivity index (χ4n) is 1.75. The molecule has 7 heteroatoms. The molecule has 0 spiro atoms. The minimum Gasteiger partial charge on any atom is -0.333 e. The zero-order valence-corrected chi connectivity index (χ0v) is 11.2. The first-order valence-electron chi connectivity index (χ1n) is 5.91. The van der Waals surface area contributed by atoms with E-state index in [1.807, 2.05) is 10.8 Å². The molecule has 0 bridgehead atoms. The number of alkyl halides is 3. The smallest absolute Gasteiger partial charge is 0.333 e. The fraction of sp³-hybridized carbons (Fsp3) is 0.583. The van der Waals surface area contributed by atoms with E-state index in [-0.39, 0.29) is 12.6 Å². The SMILES string of the molecule is CC(N)(C(=O)N(Cc1ccsc1)C1CC1)C(F)(F)F. The van der Waals surface area contributed by atoms with Gasteiger partial charge in [-0.2, -0.15) is 24.5 Å². The van der Waals surface area contributed by atoms with Crippen molar-refractivity contribution in [1.29, 1.82) is 0 Å². The molecule has 1 fully saturated rings. The molecule has 1 aromatic rings. The largest absolute Gasteiger partial charge is 0.415 e. The number of amides is 1. The molecule has 106 valence electrons. The Morgan fingerprint density at radius 1 is 1.53 bits per heavy atom. The molecule has 0 saturated heterocycles. The molecule has 3 nitrogen and oxygen atoms in total. The van der Waals surface area contributed by atoms with E-state index in [2.05, 4.69) is 0 Å². The van der Waals surface area contributed by atoms with Crippen LogP contribution in [0.25, 0.3) is 0 Å². The van der Waals surface area contributed by atoms with Gasteiger partial charge >= 0.3 is 6.18 Å². The molecule has 1 aliphatic carbocycles. The summed E-state index contributed by atoms with van der Waals surface area (Å²) in [4.78, 5) is 13.4. The topological polar surface area (TPSA) is 46.3 Å². The summed E-state index contributed by atoms with van der Waals surface area (Å²) in [6.45, 7) is 0.925. The van der Waals surface area contributed by atoms with Crippen molar-refractivity contribution < 1.29 is 18.0 Å². The van der Waals surface area contributed by atoms with Crippen LogP contribution < -0.4 is 5.73 Å². The number of carbonyl (C=O) groups is 1. The van der Waals surface area contributed by atoms with E-state index < -0.39 is 17.6 Å². The Kier molecular flexibility index (Phi) is 3.61. The Balaban J connectivity index is 2.18. The van der Waals surface area contributed by atoms with Crippen LogP contribution in [0.2, 0.25) is 0 Å². The van der Waals surface area contributed by atoms with Gasteiger partial charge in [-0.25, -0.2) is 0 Å². The zero-order chi connectivity index (χ0) is 14.3. The highest BCUT2D eigenvalue weighted by Crippen LogP contribution is 2.35. The summed E-state index contributed by atoms with van der Waals surface area (Å²) in [6, 6.07) is 1.69. The van der Waals surface area contributed by atoms with E-state index in [9.17, 15) is 18.0 Å². The lowest BCUT2D eigenvalue weighted by molar-refractivity contribution is -0.194. The van der Waals surface area contributed by atoms with E-state index >= 15 is 0 Å². The van der Waals surface area contributed by atoms with E-state index in [4.69, 9.17) is 5.73 Å². The van der Waals surface area contributed by atoms with Crippen molar-refractivity contribution in [2.75, 3.05) is 0 Å². The van der Waals surface area contributed by atoms with E-state index in [1.165, 1.54) is 16.2 Å². The van der Waals surface area contributed by atoms with Crippen LogP contribution in [0.1, 0.15) is 25.3 Å². The van der Waals surface area contributed by atoms with E-state index in [1.54, 1.807) is 6.07 Å². The Morgan fingerprint density at radius 3 is 2.58 bits per heavy atom. The van der Waals surface area contributed by atoms with Crippen LogP contribution in [-0.4, -0.2) is 28.6 Å². The third kappa shape index (κ3) is 2.92. The molecule has 19 heavy (non-hydrogen) atoms. The molecule has 0 aromatic carbocycles. The van der Waals surface area contributed by atoms with Crippen LogP contribution in [0.5, 0.6) is 0 Å². The molecule has 1 aromatic heterocycles. The maximum Gasteiger partial charge on any atom is 0.415 e. The highest BCUT2D eigenvalue weighted by Gasteiger charge is 2.56. The first-order chi connectivity index (χ1) is 8.73. The first kappa shape index (κ1) is 14.3.